The first-order chi connectivity index (χ1) is 17.2. The van der Waals surface area contributed by atoms with Crippen molar-refractivity contribution in [3.8, 4) is 5.82 Å². The normalized spacial score (nSPS) is 18.3. The maximum atomic E-state index is 13.1. The van der Waals surface area contributed by atoms with E-state index in [4.69, 9.17) is 14.6 Å². The zero-order chi connectivity index (χ0) is 25.9. The van der Waals surface area contributed by atoms with Crippen molar-refractivity contribution in [2.24, 2.45) is 0 Å². The van der Waals surface area contributed by atoms with Gasteiger partial charge in [-0.15, -0.1) is 0 Å². The highest BCUT2D eigenvalue weighted by molar-refractivity contribution is 5.92. The molecule has 10 nitrogen and oxygen atoms in total. The number of hydrogen-bond acceptors (Lipinski definition) is 7. The number of carboxylic acids is 1. The summed E-state index contributed by atoms with van der Waals surface area (Å²) in [7, 11) is 1.71. The van der Waals surface area contributed by atoms with E-state index in [9.17, 15) is 18.0 Å². The molecule has 2 aliphatic heterocycles. The van der Waals surface area contributed by atoms with E-state index in [0.29, 0.717) is 31.9 Å². The number of hydrogen-bond donors (Lipinski definition) is 1. The summed E-state index contributed by atoms with van der Waals surface area (Å²) in [6.07, 6.45) is 4.25. The van der Waals surface area contributed by atoms with Gasteiger partial charge in [0.1, 0.15) is 11.2 Å². The van der Waals surface area contributed by atoms with Crippen molar-refractivity contribution in [2.45, 2.75) is 18.1 Å². The molecule has 1 saturated heterocycles. The third-order valence-corrected chi connectivity index (χ3v) is 6.11. The average Bonchev–Trinajstić information content (AvgIpc) is 3.53. The third kappa shape index (κ3) is 4.61. The summed E-state index contributed by atoms with van der Waals surface area (Å²) < 4.78 is 39.3. The van der Waals surface area contributed by atoms with Gasteiger partial charge >= 0.3 is 12.1 Å². The summed E-state index contributed by atoms with van der Waals surface area (Å²) in [5.41, 5.74) is 2.24. The van der Waals surface area contributed by atoms with Crippen LogP contribution in [0.15, 0.2) is 55.2 Å². The molecule has 0 bridgehead atoms. The Kier molecular flexibility index (Phi) is 6.93. The molecule has 1 N–H and O–H groups in total. The van der Waals surface area contributed by atoms with Crippen LogP contribution in [0.5, 0.6) is 0 Å². The summed E-state index contributed by atoms with van der Waals surface area (Å²) in [6, 6.07) is 8.23. The summed E-state index contributed by atoms with van der Waals surface area (Å²) in [5, 5.41) is 7.12. The number of halogens is 3. The molecule has 3 aromatic rings. The topological polar surface area (TPSA) is 114 Å². The molecule has 5 rings (SSSR count). The van der Waals surface area contributed by atoms with Crippen LogP contribution < -0.4 is 4.90 Å². The Bertz CT molecular complexity index is 1240. The standard InChI is InChI=1S/C21H22N6O2.C2HF3O2/c1-29-13-12-27-17-4-2-7-24-19(17)26-10-3-5-18(26)21(27)6-11-25(15-21)20(28)16-14-22-8-9-23-16;3-2(4,5)1(6)7/h2-5,7-10,14H,6,11-13,15H2,1H3;(H,6,7). The number of likely N-dealkylation sites (tertiary alicyclic amines) is 1. The zero-order valence-corrected chi connectivity index (χ0v) is 19.2. The molecule has 3 aromatic heterocycles. The fourth-order valence-corrected chi connectivity index (χ4v) is 4.58. The van der Waals surface area contributed by atoms with Crippen LogP contribution in [0.25, 0.3) is 5.82 Å². The smallest absolute Gasteiger partial charge is 0.475 e. The number of carbonyl (C=O) groups is 2. The lowest BCUT2D eigenvalue weighted by atomic mass is 9.89. The molecule has 0 radical (unpaired) electrons. The van der Waals surface area contributed by atoms with Gasteiger partial charge in [-0.1, -0.05) is 0 Å². The first kappa shape index (κ1) is 25.1. The minimum absolute atomic E-state index is 0.0863. The first-order valence-electron chi connectivity index (χ1n) is 10.9. The van der Waals surface area contributed by atoms with Crippen LogP contribution in [0.3, 0.4) is 0 Å². The van der Waals surface area contributed by atoms with E-state index >= 15 is 0 Å². The molecule has 5 heterocycles. The van der Waals surface area contributed by atoms with E-state index in [-0.39, 0.29) is 11.4 Å². The number of carbonyl (C=O) groups excluding carboxylic acids is 1. The van der Waals surface area contributed by atoms with E-state index in [2.05, 4.69) is 36.6 Å². The second kappa shape index (κ2) is 9.93. The lowest BCUT2D eigenvalue weighted by molar-refractivity contribution is -0.192. The fraction of sp³-hybridized carbons (Fsp3) is 0.348. The summed E-state index contributed by atoms with van der Waals surface area (Å²) in [6.45, 7) is 2.53. The number of nitrogens with zero attached hydrogens (tertiary/aromatic N) is 6. The number of anilines is 1. The minimum Gasteiger partial charge on any atom is -0.475 e. The number of ether oxygens (including phenoxy) is 1. The Labute approximate surface area is 204 Å². The average molecular weight is 504 g/mol. The molecule has 36 heavy (non-hydrogen) atoms. The lowest BCUT2D eigenvalue weighted by Crippen LogP contribution is -2.53. The molecular weight excluding hydrogens is 481 g/mol. The van der Waals surface area contributed by atoms with Crippen LogP contribution in [0.2, 0.25) is 0 Å². The van der Waals surface area contributed by atoms with Crippen LogP contribution in [0, 0.1) is 0 Å². The van der Waals surface area contributed by atoms with Gasteiger partial charge in [-0.2, -0.15) is 13.2 Å². The van der Waals surface area contributed by atoms with Gasteiger partial charge in [0.15, 0.2) is 5.82 Å². The summed E-state index contributed by atoms with van der Waals surface area (Å²) in [4.78, 5) is 39.1. The van der Waals surface area contributed by atoms with Crippen molar-refractivity contribution in [1.29, 1.82) is 0 Å². The van der Waals surface area contributed by atoms with Gasteiger partial charge in [-0.3, -0.25) is 9.78 Å². The number of alkyl halides is 3. The van der Waals surface area contributed by atoms with Crippen molar-refractivity contribution >= 4 is 17.6 Å². The summed E-state index contributed by atoms with van der Waals surface area (Å²) in [5.74, 6) is -1.93. The van der Waals surface area contributed by atoms with E-state index < -0.39 is 12.1 Å². The zero-order valence-electron chi connectivity index (χ0n) is 19.2. The molecule has 0 saturated carbocycles. The molecule has 2 aliphatic rings. The number of pyridine rings is 1. The van der Waals surface area contributed by atoms with Gasteiger partial charge in [0.05, 0.1) is 24.2 Å². The van der Waals surface area contributed by atoms with Crippen LogP contribution in [-0.4, -0.2) is 80.9 Å². The number of rotatable bonds is 4. The number of aliphatic carboxylic acids is 1. The highest BCUT2D eigenvalue weighted by Crippen LogP contribution is 2.46. The lowest BCUT2D eigenvalue weighted by Gasteiger charge is -2.47. The molecule has 13 heteroatoms. The fourth-order valence-electron chi connectivity index (χ4n) is 4.58. The predicted octanol–water partition coefficient (Wildman–Crippen LogP) is 2.50. The quantitative estimate of drug-likeness (QED) is 0.577. The monoisotopic (exact) mass is 504 g/mol. The van der Waals surface area contributed by atoms with Crippen LogP contribution in [0.1, 0.15) is 22.6 Å². The van der Waals surface area contributed by atoms with Crippen molar-refractivity contribution in [1.82, 2.24) is 24.4 Å². The van der Waals surface area contributed by atoms with Crippen molar-refractivity contribution < 1.29 is 32.6 Å². The van der Waals surface area contributed by atoms with Gasteiger partial charge < -0.3 is 24.2 Å². The molecule has 1 unspecified atom stereocenters. The number of methoxy groups -OCH3 is 1. The van der Waals surface area contributed by atoms with Crippen LogP contribution in [-0.2, 0) is 15.1 Å². The van der Waals surface area contributed by atoms with E-state index in [1.54, 1.807) is 19.5 Å². The second-order valence-corrected chi connectivity index (χ2v) is 8.16. The molecule has 1 fully saturated rings. The molecule has 0 aromatic carbocycles. The van der Waals surface area contributed by atoms with Crippen LogP contribution >= 0.6 is 0 Å². The number of carboxylic acid groups (broad SMARTS) is 1. The number of amides is 1. The molecule has 1 atom stereocenters. The van der Waals surface area contributed by atoms with Gasteiger partial charge in [0.25, 0.3) is 5.91 Å². The van der Waals surface area contributed by atoms with Gasteiger partial charge in [0, 0.05) is 51.5 Å². The highest BCUT2D eigenvalue weighted by atomic mass is 19.4. The second-order valence-electron chi connectivity index (χ2n) is 8.16. The van der Waals surface area contributed by atoms with Crippen molar-refractivity contribution in [3.63, 3.8) is 0 Å². The van der Waals surface area contributed by atoms with Crippen LogP contribution in [0.4, 0.5) is 18.9 Å². The highest BCUT2D eigenvalue weighted by Gasteiger charge is 2.50. The van der Waals surface area contributed by atoms with Gasteiger partial charge in [-0.05, 0) is 30.7 Å². The predicted molar refractivity (Wildman–Crippen MR) is 121 cm³/mol. The van der Waals surface area contributed by atoms with E-state index in [0.717, 1.165) is 23.6 Å². The number of aromatic nitrogens is 4. The van der Waals surface area contributed by atoms with E-state index in [1.807, 2.05) is 29.4 Å². The molecule has 190 valence electrons. The Morgan fingerprint density at radius 1 is 1.17 bits per heavy atom. The summed E-state index contributed by atoms with van der Waals surface area (Å²) >= 11 is 0. The third-order valence-electron chi connectivity index (χ3n) is 6.11. The SMILES string of the molecule is COCCN1c2cccnc2-n2cccc2C12CCN(C(=O)c1cnccn1)C2.O=C(O)C(F)(F)F. The van der Waals surface area contributed by atoms with Crippen molar-refractivity contribution in [3.05, 3.63) is 66.6 Å². The van der Waals surface area contributed by atoms with Gasteiger partial charge in [0.2, 0.25) is 0 Å². The van der Waals surface area contributed by atoms with E-state index in [1.165, 1.54) is 6.20 Å². The Hall–Kier alpha value is -4.00. The Morgan fingerprint density at radius 3 is 2.61 bits per heavy atom. The molecule has 1 spiro atoms. The Morgan fingerprint density at radius 2 is 1.94 bits per heavy atom. The molecular formula is C23H23F3N6O4. The molecule has 1 amide bonds. The van der Waals surface area contributed by atoms with Crippen molar-refractivity contribution in [2.75, 3.05) is 38.3 Å². The number of fused-ring (bicyclic) bond motifs is 4. The Balaban J connectivity index is 0.000000384. The minimum atomic E-state index is -5.08. The maximum Gasteiger partial charge on any atom is 0.490 e. The first-order valence-corrected chi connectivity index (χ1v) is 10.9. The largest absolute Gasteiger partial charge is 0.490 e. The maximum absolute atomic E-state index is 13.1. The molecule has 0 aliphatic carbocycles. The van der Waals surface area contributed by atoms with Gasteiger partial charge in [-0.25, -0.2) is 14.8 Å².